The van der Waals surface area contributed by atoms with Gasteiger partial charge in [0.15, 0.2) is 0 Å². The van der Waals surface area contributed by atoms with Crippen LogP contribution in [0.25, 0.3) is 0 Å². The van der Waals surface area contributed by atoms with Crippen molar-refractivity contribution >= 4 is 19.7 Å². The number of halogens is 1. The average molecular weight is 266 g/mol. The van der Waals surface area contributed by atoms with Gasteiger partial charge in [-0.05, 0) is 45.7 Å². The summed E-state index contributed by atoms with van der Waals surface area (Å²) in [4.78, 5) is 2.45. The summed E-state index contributed by atoms with van der Waals surface area (Å²) in [7, 11) is 1.75. The fourth-order valence-corrected chi connectivity index (χ4v) is 2.55. The van der Waals surface area contributed by atoms with Crippen molar-refractivity contribution in [1.29, 1.82) is 0 Å². The van der Waals surface area contributed by atoms with Crippen LogP contribution in [0.3, 0.4) is 0 Å². The number of hydrogen-bond donors (Lipinski definition) is 0. The predicted octanol–water partition coefficient (Wildman–Crippen LogP) is 2.23. The summed E-state index contributed by atoms with van der Waals surface area (Å²) in [5.74, 6) is 0.451. The molecule has 1 rings (SSSR count). The molecule has 16 heavy (non-hydrogen) atoms. The van der Waals surface area contributed by atoms with Gasteiger partial charge in [0, 0.05) is 16.7 Å². The molecule has 5 heteroatoms. The lowest BCUT2D eigenvalue weighted by atomic mass is 9.96. The van der Waals surface area contributed by atoms with Crippen molar-refractivity contribution in [3.63, 3.8) is 0 Å². The van der Waals surface area contributed by atoms with E-state index in [0.717, 1.165) is 25.9 Å². The van der Waals surface area contributed by atoms with Crippen LogP contribution in [-0.2, 0) is 9.05 Å². The average Bonchev–Trinajstić information content (AvgIpc) is 2.16. The predicted molar refractivity (Wildman–Crippen MR) is 68.2 cm³/mol. The van der Waals surface area contributed by atoms with Gasteiger partial charge in [0.1, 0.15) is 0 Å². The minimum Gasteiger partial charge on any atom is -0.301 e. The van der Waals surface area contributed by atoms with E-state index >= 15 is 0 Å². The van der Waals surface area contributed by atoms with Crippen molar-refractivity contribution in [3.8, 4) is 0 Å². The topological polar surface area (TPSA) is 37.4 Å². The van der Waals surface area contributed by atoms with Crippen molar-refractivity contribution < 1.29 is 8.42 Å². The summed E-state index contributed by atoms with van der Waals surface area (Å²) >= 11 is 0. The van der Waals surface area contributed by atoms with Gasteiger partial charge in [-0.3, -0.25) is 0 Å². The van der Waals surface area contributed by atoms with Crippen LogP contribution in [0.15, 0.2) is 12.2 Å². The summed E-state index contributed by atoms with van der Waals surface area (Å²) in [6.45, 7) is 6.60. The third kappa shape index (κ3) is 5.32. The number of allylic oxidation sites excluding steroid dienone is 1. The number of nitrogens with zero attached hydrogens (tertiary/aromatic N) is 1. The Morgan fingerprint density at radius 2 is 1.94 bits per heavy atom. The van der Waals surface area contributed by atoms with E-state index in [1.165, 1.54) is 0 Å². The molecule has 1 saturated heterocycles. The molecule has 3 nitrogen and oxygen atoms in total. The van der Waals surface area contributed by atoms with E-state index in [4.69, 9.17) is 10.7 Å². The molecule has 0 radical (unpaired) electrons. The van der Waals surface area contributed by atoms with Crippen LogP contribution >= 0.6 is 10.7 Å². The molecule has 0 aromatic heterocycles. The minimum absolute atomic E-state index is 0.0566. The van der Waals surface area contributed by atoms with Crippen LogP contribution in [0.1, 0.15) is 26.7 Å². The van der Waals surface area contributed by atoms with E-state index in [2.05, 4.69) is 18.7 Å². The first-order valence-electron chi connectivity index (χ1n) is 5.71. The molecule has 1 heterocycles. The largest absolute Gasteiger partial charge is 0.301 e. The van der Waals surface area contributed by atoms with Crippen molar-refractivity contribution in [3.05, 3.63) is 12.2 Å². The molecule has 0 aliphatic carbocycles. The zero-order chi connectivity index (χ0) is 12.2. The Morgan fingerprint density at radius 1 is 1.38 bits per heavy atom. The van der Waals surface area contributed by atoms with Crippen LogP contribution < -0.4 is 0 Å². The van der Waals surface area contributed by atoms with Gasteiger partial charge in [-0.15, -0.1) is 0 Å². The Hall–Kier alpha value is -0.0600. The smallest absolute Gasteiger partial charge is 0.236 e. The molecule has 0 unspecified atom stereocenters. The number of piperidine rings is 1. The van der Waals surface area contributed by atoms with Crippen LogP contribution in [0.4, 0.5) is 0 Å². The fraction of sp³-hybridized carbons (Fsp3) is 0.818. The molecule has 0 N–H and O–H groups in total. The van der Waals surface area contributed by atoms with Crippen LogP contribution in [0.5, 0.6) is 0 Å². The maximum Gasteiger partial charge on any atom is 0.236 e. The van der Waals surface area contributed by atoms with Gasteiger partial charge in [0.05, 0.1) is 5.75 Å². The molecule has 0 bridgehead atoms. The Morgan fingerprint density at radius 3 is 2.38 bits per heavy atom. The van der Waals surface area contributed by atoms with Crippen molar-refractivity contribution in [2.75, 3.05) is 18.8 Å². The third-order valence-electron chi connectivity index (χ3n) is 3.01. The highest BCUT2D eigenvalue weighted by molar-refractivity contribution is 8.13. The number of hydrogen-bond acceptors (Lipinski definition) is 3. The molecule has 1 aliphatic rings. The molecular formula is C11H20ClNO2S. The molecule has 1 fully saturated rings. The zero-order valence-electron chi connectivity index (χ0n) is 9.89. The van der Waals surface area contributed by atoms with Gasteiger partial charge >= 0.3 is 0 Å². The maximum atomic E-state index is 10.7. The quantitative estimate of drug-likeness (QED) is 0.578. The van der Waals surface area contributed by atoms with E-state index in [1.54, 1.807) is 6.08 Å². The lowest BCUT2D eigenvalue weighted by molar-refractivity contribution is 0.164. The van der Waals surface area contributed by atoms with Gasteiger partial charge < -0.3 is 4.90 Å². The molecule has 1 aliphatic heterocycles. The molecule has 0 spiro atoms. The fourth-order valence-electron chi connectivity index (χ4n) is 1.99. The second-order valence-corrected chi connectivity index (χ2v) is 7.42. The SMILES string of the molecule is CC(C)N1CCC(/C=C\CS(=O)(=O)Cl)CC1. The van der Waals surface area contributed by atoms with Crippen LogP contribution in [0, 0.1) is 5.92 Å². The van der Waals surface area contributed by atoms with Gasteiger partial charge in [0.25, 0.3) is 0 Å². The first kappa shape index (κ1) is 14.0. The molecule has 0 aromatic rings. The summed E-state index contributed by atoms with van der Waals surface area (Å²) < 4.78 is 21.4. The zero-order valence-corrected chi connectivity index (χ0v) is 11.5. The monoisotopic (exact) mass is 265 g/mol. The number of likely N-dealkylation sites (tertiary alicyclic amines) is 1. The van der Waals surface area contributed by atoms with Crippen LogP contribution in [0.2, 0.25) is 0 Å². The summed E-state index contributed by atoms with van der Waals surface area (Å²) in [6, 6.07) is 0.605. The molecule has 0 atom stereocenters. The van der Waals surface area contributed by atoms with E-state index in [0.29, 0.717) is 12.0 Å². The van der Waals surface area contributed by atoms with Crippen molar-refractivity contribution in [1.82, 2.24) is 4.90 Å². The maximum absolute atomic E-state index is 10.7. The highest BCUT2D eigenvalue weighted by Crippen LogP contribution is 2.20. The van der Waals surface area contributed by atoms with Gasteiger partial charge in [-0.1, -0.05) is 12.2 Å². The van der Waals surface area contributed by atoms with Gasteiger partial charge in [-0.25, -0.2) is 8.42 Å². The Labute approximate surface area is 103 Å². The summed E-state index contributed by atoms with van der Waals surface area (Å²) in [6.07, 6.45) is 5.89. The second-order valence-electron chi connectivity index (χ2n) is 4.60. The minimum atomic E-state index is -3.37. The lowest BCUT2D eigenvalue weighted by Gasteiger charge is -2.33. The Balaban J connectivity index is 2.32. The first-order valence-corrected chi connectivity index (χ1v) is 8.19. The first-order chi connectivity index (χ1) is 7.38. The second kappa shape index (κ2) is 6.03. The van der Waals surface area contributed by atoms with E-state index < -0.39 is 9.05 Å². The Bertz CT molecular complexity index is 330. The van der Waals surface area contributed by atoms with E-state index in [9.17, 15) is 8.42 Å². The summed E-state index contributed by atoms with van der Waals surface area (Å²) in [5.41, 5.74) is 0. The highest BCUT2D eigenvalue weighted by atomic mass is 35.7. The Kier molecular flexibility index (Phi) is 5.28. The van der Waals surface area contributed by atoms with E-state index in [-0.39, 0.29) is 5.75 Å². The normalized spacial score (nSPS) is 21.0. The number of rotatable bonds is 4. The standard InChI is InChI=1S/C11H20ClNO2S/c1-10(2)13-7-5-11(6-8-13)4-3-9-16(12,14)15/h3-4,10-11H,5-9H2,1-2H3/b4-3-. The summed E-state index contributed by atoms with van der Waals surface area (Å²) in [5, 5.41) is 0. The molecule has 0 aromatic carbocycles. The third-order valence-corrected chi connectivity index (χ3v) is 3.98. The molecule has 94 valence electrons. The lowest BCUT2D eigenvalue weighted by Crippen LogP contribution is -2.38. The molecule has 0 amide bonds. The molecule has 0 saturated carbocycles. The van der Waals surface area contributed by atoms with Gasteiger partial charge in [0.2, 0.25) is 9.05 Å². The van der Waals surface area contributed by atoms with Gasteiger partial charge in [-0.2, -0.15) is 0 Å². The van der Waals surface area contributed by atoms with E-state index in [1.807, 2.05) is 6.08 Å². The van der Waals surface area contributed by atoms with Crippen molar-refractivity contribution in [2.24, 2.45) is 5.92 Å². The van der Waals surface area contributed by atoms with Crippen molar-refractivity contribution in [2.45, 2.75) is 32.7 Å². The van der Waals surface area contributed by atoms with Crippen LogP contribution in [-0.4, -0.2) is 38.2 Å². The molecular weight excluding hydrogens is 246 g/mol. The highest BCUT2D eigenvalue weighted by Gasteiger charge is 2.18.